The minimum absolute atomic E-state index is 0.0175. The Kier molecular flexibility index (Phi) is 7.62. The topological polar surface area (TPSA) is 40.5 Å². The van der Waals surface area contributed by atoms with Crippen molar-refractivity contribution in [2.75, 3.05) is 0 Å². The van der Waals surface area contributed by atoms with Crippen molar-refractivity contribution < 1.29 is 23.4 Å². The SMILES string of the molecule is CC(C)[C@H]1CC[C@](O)(CC[C@H](C)[C@@H]2CC[C@H]3[C@@H]4CC[C@H]5C[C@](O)(C(F)(F)F)CC[C@]5(C)[C@H]4CC[C@@]32C)CC1. The Bertz CT molecular complexity index is 848. The zero-order valence-electron chi connectivity index (χ0n) is 24.8. The van der Waals surface area contributed by atoms with Gasteiger partial charge < -0.3 is 10.2 Å². The van der Waals surface area contributed by atoms with Crippen LogP contribution in [-0.2, 0) is 0 Å². The fraction of sp³-hybridized carbons (Fsp3) is 1.00. The number of fused-ring (bicyclic) bond motifs is 5. The van der Waals surface area contributed by atoms with Crippen molar-refractivity contribution in [2.24, 2.45) is 58.2 Å². The number of alkyl halides is 3. The summed E-state index contributed by atoms with van der Waals surface area (Å²) in [5.41, 5.74) is -2.70. The van der Waals surface area contributed by atoms with Gasteiger partial charge in [0, 0.05) is 0 Å². The second-order valence-electron chi connectivity index (χ2n) is 15.9. The maximum atomic E-state index is 13.7. The molecule has 9 atom stereocenters. The van der Waals surface area contributed by atoms with E-state index < -0.39 is 17.4 Å². The molecule has 5 aliphatic rings. The van der Waals surface area contributed by atoms with Gasteiger partial charge in [-0.2, -0.15) is 13.2 Å². The largest absolute Gasteiger partial charge is 0.417 e. The van der Waals surface area contributed by atoms with Gasteiger partial charge in [0.1, 0.15) is 0 Å². The Morgan fingerprint density at radius 2 is 1.42 bits per heavy atom. The molecule has 0 saturated heterocycles. The van der Waals surface area contributed by atoms with E-state index in [4.69, 9.17) is 0 Å². The highest BCUT2D eigenvalue weighted by Gasteiger charge is 2.65. The maximum absolute atomic E-state index is 13.7. The Morgan fingerprint density at radius 3 is 2.05 bits per heavy atom. The van der Waals surface area contributed by atoms with E-state index in [-0.39, 0.29) is 24.2 Å². The Hall–Kier alpha value is -0.290. The van der Waals surface area contributed by atoms with E-state index in [1.54, 1.807) is 0 Å². The van der Waals surface area contributed by atoms with Crippen LogP contribution in [0.4, 0.5) is 13.2 Å². The smallest absolute Gasteiger partial charge is 0.390 e. The van der Waals surface area contributed by atoms with Crippen molar-refractivity contribution in [2.45, 2.75) is 148 Å². The molecule has 0 bridgehead atoms. The lowest BCUT2D eigenvalue weighted by Crippen LogP contribution is -2.59. The summed E-state index contributed by atoms with van der Waals surface area (Å²) in [5.74, 6) is 4.57. The molecule has 0 radical (unpaired) electrons. The summed E-state index contributed by atoms with van der Waals surface area (Å²) in [5, 5.41) is 21.9. The molecule has 0 aromatic carbocycles. The highest BCUT2D eigenvalue weighted by molar-refractivity contribution is 5.11. The molecule has 0 amide bonds. The summed E-state index contributed by atoms with van der Waals surface area (Å²) < 4.78 is 41.0. The zero-order valence-corrected chi connectivity index (χ0v) is 24.8. The maximum Gasteiger partial charge on any atom is 0.417 e. The van der Waals surface area contributed by atoms with Crippen LogP contribution in [0.1, 0.15) is 131 Å². The molecule has 0 heterocycles. The molecule has 0 unspecified atom stereocenters. The monoisotopic (exact) mass is 540 g/mol. The Morgan fingerprint density at radius 1 is 0.763 bits per heavy atom. The summed E-state index contributed by atoms with van der Waals surface area (Å²) in [7, 11) is 0. The van der Waals surface area contributed by atoms with E-state index in [0.29, 0.717) is 47.3 Å². The molecule has 5 saturated carbocycles. The van der Waals surface area contributed by atoms with E-state index in [1.165, 1.54) is 19.3 Å². The van der Waals surface area contributed by atoms with Crippen molar-refractivity contribution in [1.29, 1.82) is 0 Å². The number of aliphatic hydroxyl groups is 2. The first-order chi connectivity index (χ1) is 17.6. The molecule has 0 spiro atoms. The molecule has 0 aromatic heterocycles. The van der Waals surface area contributed by atoms with Gasteiger partial charge in [-0.05, 0) is 154 Å². The Balaban J connectivity index is 1.22. The quantitative estimate of drug-likeness (QED) is 0.365. The van der Waals surface area contributed by atoms with Crippen LogP contribution in [0, 0.1) is 58.2 Å². The van der Waals surface area contributed by atoms with E-state index in [0.717, 1.165) is 63.7 Å². The molecule has 5 heteroatoms. The van der Waals surface area contributed by atoms with Gasteiger partial charge in [-0.25, -0.2) is 0 Å². The molecule has 5 fully saturated rings. The number of halogens is 3. The van der Waals surface area contributed by atoms with Gasteiger partial charge in [0.2, 0.25) is 0 Å². The van der Waals surface area contributed by atoms with Gasteiger partial charge in [0.05, 0.1) is 5.60 Å². The summed E-state index contributed by atoms with van der Waals surface area (Å²) in [6.07, 6.45) is 8.79. The lowest BCUT2D eigenvalue weighted by molar-refractivity contribution is -0.290. The summed E-state index contributed by atoms with van der Waals surface area (Å²) >= 11 is 0. The predicted molar refractivity (Wildman–Crippen MR) is 146 cm³/mol. The molecule has 0 aliphatic heterocycles. The highest BCUT2D eigenvalue weighted by atomic mass is 19.4. The van der Waals surface area contributed by atoms with Crippen molar-refractivity contribution in [3.63, 3.8) is 0 Å². The average Bonchev–Trinajstić information content (AvgIpc) is 3.20. The first-order valence-corrected chi connectivity index (χ1v) is 16.1. The lowest BCUT2D eigenvalue weighted by atomic mass is 9.43. The van der Waals surface area contributed by atoms with E-state index >= 15 is 0 Å². The van der Waals surface area contributed by atoms with Crippen LogP contribution in [-0.4, -0.2) is 27.6 Å². The standard InChI is InChI=1S/C33H55F3O2/c1-21(2)23-11-16-31(37,17-12-23)15-10-22(3)26-8-9-27-25-7-6-24-20-32(38,33(34,35)36)19-18-29(24,4)28(25)13-14-30(26,27)5/h21-28,37-38H,6-20H2,1-5H3/t22-,23-,24-,25-,26-,27-,28-,29-,30+,31+,32-/m0/s1. The van der Waals surface area contributed by atoms with E-state index in [9.17, 15) is 23.4 Å². The highest BCUT2D eigenvalue weighted by Crippen LogP contribution is 2.69. The fourth-order valence-electron chi connectivity index (χ4n) is 11.3. The molecule has 5 rings (SSSR count). The third-order valence-corrected chi connectivity index (χ3v) is 14.0. The molecule has 2 N–H and O–H groups in total. The second-order valence-corrected chi connectivity index (χ2v) is 15.9. The fourth-order valence-corrected chi connectivity index (χ4v) is 11.3. The van der Waals surface area contributed by atoms with Gasteiger partial charge in [0.25, 0.3) is 0 Å². The minimum Gasteiger partial charge on any atom is -0.390 e. The van der Waals surface area contributed by atoms with Gasteiger partial charge >= 0.3 is 6.18 Å². The van der Waals surface area contributed by atoms with Crippen molar-refractivity contribution in [3.8, 4) is 0 Å². The van der Waals surface area contributed by atoms with Crippen molar-refractivity contribution in [3.05, 3.63) is 0 Å². The molecule has 220 valence electrons. The normalized spacial score (nSPS) is 50.3. The first kappa shape index (κ1) is 29.2. The number of hydrogen-bond acceptors (Lipinski definition) is 2. The molecule has 2 nitrogen and oxygen atoms in total. The van der Waals surface area contributed by atoms with Crippen molar-refractivity contribution in [1.82, 2.24) is 0 Å². The molecule has 38 heavy (non-hydrogen) atoms. The van der Waals surface area contributed by atoms with Gasteiger partial charge in [-0.3, -0.25) is 0 Å². The number of hydrogen-bond donors (Lipinski definition) is 2. The lowest BCUT2D eigenvalue weighted by Gasteiger charge is -2.62. The summed E-state index contributed by atoms with van der Waals surface area (Å²) in [4.78, 5) is 0. The van der Waals surface area contributed by atoms with Gasteiger partial charge in [0.15, 0.2) is 5.60 Å². The third-order valence-electron chi connectivity index (χ3n) is 14.0. The molecular formula is C33H55F3O2. The van der Waals surface area contributed by atoms with Crippen LogP contribution in [0.5, 0.6) is 0 Å². The van der Waals surface area contributed by atoms with Crippen molar-refractivity contribution >= 4 is 0 Å². The molecular weight excluding hydrogens is 485 g/mol. The third kappa shape index (κ3) is 4.80. The Labute approximate surface area is 229 Å². The van der Waals surface area contributed by atoms with E-state index in [1.807, 2.05) is 0 Å². The van der Waals surface area contributed by atoms with Crippen LogP contribution in [0.15, 0.2) is 0 Å². The predicted octanol–water partition coefficient (Wildman–Crippen LogP) is 8.93. The molecule has 0 aromatic rings. The van der Waals surface area contributed by atoms with Gasteiger partial charge in [-0.15, -0.1) is 0 Å². The minimum atomic E-state index is -4.52. The zero-order chi connectivity index (χ0) is 27.7. The van der Waals surface area contributed by atoms with Crippen LogP contribution < -0.4 is 0 Å². The first-order valence-electron chi connectivity index (χ1n) is 16.1. The van der Waals surface area contributed by atoms with Crippen LogP contribution in [0.3, 0.4) is 0 Å². The van der Waals surface area contributed by atoms with Crippen LogP contribution >= 0.6 is 0 Å². The van der Waals surface area contributed by atoms with Crippen LogP contribution in [0.25, 0.3) is 0 Å². The second kappa shape index (κ2) is 9.92. The van der Waals surface area contributed by atoms with Crippen LogP contribution in [0.2, 0.25) is 0 Å². The van der Waals surface area contributed by atoms with E-state index in [2.05, 4.69) is 34.6 Å². The van der Waals surface area contributed by atoms with Gasteiger partial charge in [-0.1, -0.05) is 34.6 Å². The summed E-state index contributed by atoms with van der Waals surface area (Å²) in [6, 6.07) is 0. The summed E-state index contributed by atoms with van der Waals surface area (Å²) in [6.45, 7) is 11.9. The number of rotatable bonds is 5. The average molecular weight is 541 g/mol. The molecule has 5 aliphatic carbocycles.